The van der Waals surface area contributed by atoms with E-state index < -0.39 is 0 Å². The molecule has 2 fully saturated rings. The number of rotatable bonds is 5. The summed E-state index contributed by atoms with van der Waals surface area (Å²) in [6.45, 7) is 5.23. The number of hydrogen-bond acceptors (Lipinski definition) is 3. The van der Waals surface area contributed by atoms with Crippen LogP contribution in [-0.2, 0) is 9.47 Å². The van der Waals surface area contributed by atoms with Crippen LogP contribution in [0.4, 0.5) is 0 Å². The highest BCUT2D eigenvalue weighted by Crippen LogP contribution is 2.25. The quantitative estimate of drug-likeness (QED) is 0.430. The maximum atomic E-state index is 5.69. The highest BCUT2D eigenvalue weighted by atomic mass is 127. The highest BCUT2D eigenvalue weighted by Gasteiger charge is 2.32. The Labute approximate surface area is 132 Å². The predicted molar refractivity (Wildman–Crippen MR) is 87.3 cm³/mol. The van der Waals surface area contributed by atoms with E-state index in [9.17, 15) is 0 Å². The fourth-order valence-corrected chi connectivity index (χ4v) is 2.13. The number of guanidine groups is 1. The predicted octanol–water partition coefficient (Wildman–Crippen LogP) is 1.52. The Balaban J connectivity index is 0.00000180. The summed E-state index contributed by atoms with van der Waals surface area (Å²) in [4.78, 5) is 4.67. The average Bonchev–Trinajstić information content (AvgIpc) is 3.21. The van der Waals surface area contributed by atoms with E-state index in [1.54, 1.807) is 7.11 Å². The zero-order valence-corrected chi connectivity index (χ0v) is 14.2. The number of nitrogens with zero attached hydrogens (tertiary/aromatic N) is 1. The van der Waals surface area contributed by atoms with Gasteiger partial charge in [-0.05, 0) is 19.8 Å². The fourth-order valence-electron chi connectivity index (χ4n) is 2.13. The Kier molecular flexibility index (Phi) is 7.38. The third-order valence-corrected chi connectivity index (χ3v) is 3.62. The number of nitrogens with one attached hydrogen (secondary N) is 2. The smallest absolute Gasteiger partial charge is 0.191 e. The van der Waals surface area contributed by atoms with Crippen molar-refractivity contribution in [2.75, 3.05) is 33.4 Å². The molecule has 0 unspecified atom stereocenters. The van der Waals surface area contributed by atoms with Gasteiger partial charge in [0.05, 0.1) is 12.1 Å². The summed E-state index contributed by atoms with van der Waals surface area (Å²) >= 11 is 0. The summed E-state index contributed by atoms with van der Waals surface area (Å²) in [6, 6.07) is 0.621. The molecule has 0 radical (unpaired) electrons. The normalized spacial score (nSPS) is 22.5. The Hall–Kier alpha value is -0.0800. The number of halogens is 1. The molecule has 1 aliphatic carbocycles. The molecule has 19 heavy (non-hydrogen) atoms. The summed E-state index contributed by atoms with van der Waals surface area (Å²) < 4.78 is 11.1. The van der Waals surface area contributed by atoms with Gasteiger partial charge in [-0.15, -0.1) is 24.0 Å². The van der Waals surface area contributed by atoms with Gasteiger partial charge >= 0.3 is 0 Å². The van der Waals surface area contributed by atoms with Crippen LogP contribution in [0.15, 0.2) is 4.99 Å². The molecule has 1 saturated heterocycles. The lowest BCUT2D eigenvalue weighted by Crippen LogP contribution is -2.44. The standard InChI is InChI=1S/C13H25N3O2.HI/c1-3-14-12(16-11-4-5-11)15-10-13(17-2)6-8-18-9-7-13;/h11H,3-10H2,1-2H3,(H2,14,15,16);1H. The molecule has 1 saturated carbocycles. The Morgan fingerprint density at radius 3 is 2.58 bits per heavy atom. The maximum absolute atomic E-state index is 5.69. The summed E-state index contributed by atoms with van der Waals surface area (Å²) in [5.41, 5.74) is -0.135. The van der Waals surface area contributed by atoms with E-state index in [1.807, 2.05) is 0 Å². The molecule has 2 aliphatic rings. The van der Waals surface area contributed by atoms with Crippen molar-refractivity contribution in [3.8, 4) is 0 Å². The molecule has 0 bridgehead atoms. The Morgan fingerprint density at radius 2 is 2.05 bits per heavy atom. The third-order valence-electron chi connectivity index (χ3n) is 3.62. The van der Waals surface area contributed by atoms with Crippen LogP contribution in [-0.4, -0.2) is 51.0 Å². The molecular weight excluding hydrogens is 357 g/mol. The molecular formula is C13H26IN3O2. The summed E-state index contributed by atoms with van der Waals surface area (Å²) in [5, 5.41) is 6.71. The molecule has 6 heteroatoms. The van der Waals surface area contributed by atoms with Gasteiger partial charge in [0.1, 0.15) is 0 Å². The number of ether oxygens (including phenoxy) is 2. The first-order valence-electron chi connectivity index (χ1n) is 6.96. The van der Waals surface area contributed by atoms with Crippen molar-refractivity contribution in [2.45, 2.75) is 44.2 Å². The zero-order chi connectivity index (χ0) is 12.8. The van der Waals surface area contributed by atoms with Gasteiger partial charge in [-0.3, -0.25) is 4.99 Å². The van der Waals surface area contributed by atoms with Crippen LogP contribution >= 0.6 is 24.0 Å². The average molecular weight is 383 g/mol. The minimum Gasteiger partial charge on any atom is -0.381 e. The summed E-state index contributed by atoms with van der Waals surface area (Å²) in [7, 11) is 1.78. The molecule has 2 rings (SSSR count). The van der Waals surface area contributed by atoms with E-state index in [1.165, 1.54) is 12.8 Å². The SMILES string of the molecule is CCNC(=NCC1(OC)CCOCC1)NC1CC1.I. The Bertz CT molecular complexity index is 290. The summed E-state index contributed by atoms with van der Waals surface area (Å²) in [6.07, 6.45) is 4.37. The second kappa shape index (κ2) is 8.26. The van der Waals surface area contributed by atoms with Crippen molar-refractivity contribution < 1.29 is 9.47 Å². The van der Waals surface area contributed by atoms with Crippen LogP contribution in [0, 0.1) is 0 Å². The van der Waals surface area contributed by atoms with E-state index >= 15 is 0 Å². The van der Waals surface area contributed by atoms with Gasteiger partial charge in [-0.1, -0.05) is 0 Å². The van der Waals surface area contributed by atoms with E-state index in [0.717, 1.165) is 38.6 Å². The second-order valence-electron chi connectivity index (χ2n) is 5.11. The van der Waals surface area contributed by atoms with Crippen LogP contribution in [0.2, 0.25) is 0 Å². The van der Waals surface area contributed by atoms with Crippen LogP contribution in [0.5, 0.6) is 0 Å². The van der Waals surface area contributed by atoms with Crippen molar-refractivity contribution in [1.29, 1.82) is 0 Å². The van der Waals surface area contributed by atoms with Gasteiger partial charge < -0.3 is 20.1 Å². The molecule has 1 heterocycles. The second-order valence-corrected chi connectivity index (χ2v) is 5.11. The van der Waals surface area contributed by atoms with Crippen LogP contribution in [0.1, 0.15) is 32.6 Å². The van der Waals surface area contributed by atoms with Gasteiger partial charge in [0, 0.05) is 45.8 Å². The van der Waals surface area contributed by atoms with Gasteiger partial charge in [0.2, 0.25) is 0 Å². The lowest BCUT2D eigenvalue weighted by Gasteiger charge is -2.34. The Morgan fingerprint density at radius 1 is 1.37 bits per heavy atom. The van der Waals surface area contributed by atoms with E-state index in [4.69, 9.17) is 9.47 Å². The van der Waals surface area contributed by atoms with Gasteiger partial charge in [0.25, 0.3) is 0 Å². The molecule has 0 aromatic heterocycles. The molecule has 112 valence electrons. The monoisotopic (exact) mass is 383 g/mol. The lowest BCUT2D eigenvalue weighted by molar-refractivity contribution is -0.0828. The van der Waals surface area contributed by atoms with E-state index in [0.29, 0.717) is 12.6 Å². The molecule has 5 nitrogen and oxygen atoms in total. The lowest BCUT2D eigenvalue weighted by atomic mass is 9.94. The molecule has 0 amide bonds. The summed E-state index contributed by atoms with van der Waals surface area (Å²) in [5.74, 6) is 0.919. The maximum Gasteiger partial charge on any atom is 0.191 e. The van der Waals surface area contributed by atoms with E-state index in [-0.39, 0.29) is 29.6 Å². The van der Waals surface area contributed by atoms with Crippen LogP contribution in [0.3, 0.4) is 0 Å². The highest BCUT2D eigenvalue weighted by molar-refractivity contribution is 14.0. The van der Waals surface area contributed by atoms with Crippen molar-refractivity contribution in [2.24, 2.45) is 4.99 Å². The number of hydrogen-bond donors (Lipinski definition) is 2. The molecule has 2 N–H and O–H groups in total. The van der Waals surface area contributed by atoms with Crippen LogP contribution < -0.4 is 10.6 Å². The molecule has 1 aliphatic heterocycles. The van der Waals surface area contributed by atoms with Gasteiger partial charge in [-0.2, -0.15) is 0 Å². The first kappa shape index (κ1) is 17.0. The zero-order valence-electron chi connectivity index (χ0n) is 11.9. The fraction of sp³-hybridized carbons (Fsp3) is 0.923. The van der Waals surface area contributed by atoms with Crippen molar-refractivity contribution in [1.82, 2.24) is 10.6 Å². The van der Waals surface area contributed by atoms with Gasteiger partial charge in [-0.25, -0.2) is 0 Å². The molecule has 0 aromatic carbocycles. The minimum atomic E-state index is -0.135. The van der Waals surface area contributed by atoms with Crippen molar-refractivity contribution in [3.63, 3.8) is 0 Å². The first-order chi connectivity index (χ1) is 8.78. The van der Waals surface area contributed by atoms with Crippen molar-refractivity contribution >= 4 is 29.9 Å². The first-order valence-corrected chi connectivity index (χ1v) is 6.96. The largest absolute Gasteiger partial charge is 0.381 e. The molecule has 0 aromatic rings. The molecule has 0 spiro atoms. The van der Waals surface area contributed by atoms with Crippen molar-refractivity contribution in [3.05, 3.63) is 0 Å². The van der Waals surface area contributed by atoms with Gasteiger partial charge in [0.15, 0.2) is 5.96 Å². The number of methoxy groups -OCH3 is 1. The van der Waals surface area contributed by atoms with Crippen LogP contribution in [0.25, 0.3) is 0 Å². The number of aliphatic imine (C=N–C) groups is 1. The third kappa shape index (κ3) is 5.43. The van der Waals surface area contributed by atoms with E-state index in [2.05, 4.69) is 22.5 Å². The minimum absolute atomic E-state index is 0. The molecule has 0 atom stereocenters. The topological polar surface area (TPSA) is 54.9 Å².